The summed E-state index contributed by atoms with van der Waals surface area (Å²) in [6.45, 7) is 3.51. The Morgan fingerprint density at radius 3 is 2.20 bits per heavy atom. The Labute approximate surface area is 144 Å². The molecule has 3 rings (SSSR count). The van der Waals surface area contributed by atoms with Gasteiger partial charge in [0, 0.05) is 16.8 Å². The summed E-state index contributed by atoms with van der Waals surface area (Å²) < 4.78 is 10.4. The Bertz CT molecular complexity index is 895. The van der Waals surface area contributed by atoms with Gasteiger partial charge >= 0.3 is 12.1 Å². The lowest BCUT2D eigenvalue weighted by Gasteiger charge is -2.12. The van der Waals surface area contributed by atoms with Crippen molar-refractivity contribution in [3.05, 3.63) is 67.3 Å². The molecule has 0 atom stereocenters. The van der Waals surface area contributed by atoms with Crippen LogP contribution in [0.5, 0.6) is 5.75 Å². The number of carbonyl (C=O) groups excluding carboxylic acids is 2. The normalized spacial score (nSPS) is 10.4. The smallest absolute Gasteiger partial charge is 0.412 e. The van der Waals surface area contributed by atoms with E-state index in [2.05, 4.69) is 18.0 Å². The maximum atomic E-state index is 12.1. The summed E-state index contributed by atoms with van der Waals surface area (Å²) in [4.78, 5) is 23.1. The van der Waals surface area contributed by atoms with Crippen LogP contribution in [0.4, 0.5) is 4.79 Å². The van der Waals surface area contributed by atoms with Gasteiger partial charge in [-0.2, -0.15) is 0 Å². The highest BCUT2D eigenvalue weighted by Gasteiger charge is 2.12. The maximum Gasteiger partial charge on any atom is 0.412 e. The van der Waals surface area contributed by atoms with Crippen LogP contribution in [0.1, 0.15) is 0 Å². The molecule has 0 saturated heterocycles. The minimum Gasteiger partial charge on any atom is -0.461 e. The van der Waals surface area contributed by atoms with Crippen molar-refractivity contribution in [1.82, 2.24) is 5.32 Å². The third kappa shape index (κ3) is 3.77. The lowest BCUT2D eigenvalue weighted by Crippen LogP contribution is -2.30. The first-order chi connectivity index (χ1) is 12.2. The van der Waals surface area contributed by atoms with Crippen molar-refractivity contribution in [3.8, 4) is 5.75 Å². The molecule has 0 radical (unpaired) electrons. The molecule has 0 fully saturated rings. The lowest BCUT2D eigenvalue weighted by molar-refractivity contribution is -0.137. The summed E-state index contributed by atoms with van der Waals surface area (Å²) in [5.74, 6) is -0.0236. The third-order valence-electron chi connectivity index (χ3n) is 3.70. The predicted octanol–water partition coefficient (Wildman–Crippen LogP) is 3.81. The Kier molecular flexibility index (Phi) is 4.95. The fraction of sp³-hybridized carbons (Fsp3) is 0.100. The molecule has 1 amide bonds. The minimum atomic E-state index is -0.601. The second-order valence-corrected chi connectivity index (χ2v) is 5.34. The summed E-state index contributed by atoms with van der Waals surface area (Å²) in [7, 11) is 0. The highest BCUT2D eigenvalue weighted by atomic mass is 16.6. The maximum absolute atomic E-state index is 12.1. The molecule has 126 valence electrons. The topological polar surface area (TPSA) is 64.6 Å². The molecular weight excluding hydrogens is 318 g/mol. The number of fused-ring (bicyclic) bond motifs is 2. The fourth-order valence-electron chi connectivity index (χ4n) is 2.57. The van der Waals surface area contributed by atoms with Crippen LogP contribution in [0.15, 0.2) is 67.3 Å². The van der Waals surface area contributed by atoms with Crippen LogP contribution in [0.3, 0.4) is 0 Å². The largest absolute Gasteiger partial charge is 0.461 e. The van der Waals surface area contributed by atoms with Crippen LogP contribution in [-0.4, -0.2) is 25.2 Å². The molecule has 25 heavy (non-hydrogen) atoms. The average Bonchev–Trinajstić information content (AvgIpc) is 2.64. The molecule has 0 aliphatic carbocycles. The van der Waals surface area contributed by atoms with E-state index < -0.39 is 12.1 Å². The van der Waals surface area contributed by atoms with Gasteiger partial charge < -0.3 is 14.8 Å². The number of rotatable bonds is 5. The summed E-state index contributed by atoms with van der Waals surface area (Å²) in [6.07, 6.45) is 0.469. The van der Waals surface area contributed by atoms with E-state index in [1.54, 1.807) is 0 Å². The number of carbonyl (C=O) groups is 2. The second kappa shape index (κ2) is 7.49. The molecule has 3 aromatic rings. The molecule has 5 heteroatoms. The van der Waals surface area contributed by atoms with Gasteiger partial charge in [-0.15, -0.1) is 0 Å². The standard InChI is InChI=1S/C20H17NO4/c1-2-18(22)24-12-11-21-20(23)25-19-16-9-5-3-7-14(16)13-15-8-4-6-10-17(15)19/h2-10,13H,1,11-12H2,(H,21,23). The summed E-state index contributed by atoms with van der Waals surface area (Å²) in [5.41, 5.74) is 0. The lowest BCUT2D eigenvalue weighted by atomic mass is 10.0. The van der Waals surface area contributed by atoms with E-state index in [1.165, 1.54) is 0 Å². The number of benzene rings is 3. The highest BCUT2D eigenvalue weighted by molar-refractivity contribution is 6.06. The molecule has 5 nitrogen and oxygen atoms in total. The van der Waals surface area contributed by atoms with Gasteiger partial charge in [-0.1, -0.05) is 55.1 Å². The fourth-order valence-corrected chi connectivity index (χ4v) is 2.57. The Balaban J connectivity index is 1.80. The Morgan fingerprint density at radius 2 is 1.60 bits per heavy atom. The molecule has 0 aromatic heterocycles. The summed E-state index contributed by atoms with van der Waals surface area (Å²) in [5, 5.41) is 6.26. The Morgan fingerprint density at radius 1 is 1.00 bits per heavy atom. The van der Waals surface area contributed by atoms with Crippen LogP contribution in [0.25, 0.3) is 21.5 Å². The predicted molar refractivity (Wildman–Crippen MR) is 96.6 cm³/mol. The average molecular weight is 335 g/mol. The number of amides is 1. The molecular formula is C20H17NO4. The third-order valence-corrected chi connectivity index (χ3v) is 3.70. The van der Waals surface area contributed by atoms with Gasteiger partial charge in [0.2, 0.25) is 0 Å². The van der Waals surface area contributed by atoms with Crippen molar-refractivity contribution in [1.29, 1.82) is 0 Å². The molecule has 1 N–H and O–H groups in total. The molecule has 0 saturated carbocycles. The number of esters is 1. The van der Waals surface area contributed by atoms with Crippen molar-refractivity contribution >= 4 is 33.6 Å². The van der Waals surface area contributed by atoms with Crippen molar-refractivity contribution in [2.75, 3.05) is 13.2 Å². The van der Waals surface area contributed by atoms with Crippen LogP contribution in [0.2, 0.25) is 0 Å². The van der Waals surface area contributed by atoms with Crippen molar-refractivity contribution in [2.24, 2.45) is 0 Å². The monoisotopic (exact) mass is 335 g/mol. The van der Waals surface area contributed by atoms with Crippen LogP contribution < -0.4 is 10.1 Å². The van der Waals surface area contributed by atoms with E-state index in [4.69, 9.17) is 9.47 Å². The van der Waals surface area contributed by atoms with E-state index in [9.17, 15) is 9.59 Å². The van der Waals surface area contributed by atoms with Gasteiger partial charge in [0.25, 0.3) is 0 Å². The van der Waals surface area contributed by atoms with E-state index in [1.807, 2.05) is 48.5 Å². The molecule has 0 bridgehead atoms. The number of nitrogens with one attached hydrogen (secondary N) is 1. The molecule has 0 spiro atoms. The van der Waals surface area contributed by atoms with Gasteiger partial charge in [0.15, 0.2) is 0 Å². The van der Waals surface area contributed by atoms with Crippen molar-refractivity contribution < 1.29 is 19.1 Å². The molecule has 0 aliphatic rings. The first kappa shape index (κ1) is 16.5. The van der Waals surface area contributed by atoms with Gasteiger partial charge in [-0.05, 0) is 16.8 Å². The number of hydrogen-bond acceptors (Lipinski definition) is 4. The van der Waals surface area contributed by atoms with Crippen LogP contribution in [0, 0.1) is 0 Å². The van der Waals surface area contributed by atoms with Crippen molar-refractivity contribution in [2.45, 2.75) is 0 Å². The SMILES string of the molecule is C=CC(=O)OCCNC(=O)Oc1c2ccccc2cc2ccccc12. The first-order valence-electron chi connectivity index (χ1n) is 7.84. The summed E-state index contributed by atoms with van der Waals surface area (Å²) >= 11 is 0. The second-order valence-electron chi connectivity index (χ2n) is 5.34. The summed E-state index contributed by atoms with van der Waals surface area (Å²) in [6, 6.07) is 17.5. The molecule has 0 unspecified atom stereocenters. The zero-order valence-corrected chi connectivity index (χ0v) is 13.5. The van der Waals surface area contributed by atoms with E-state index in [-0.39, 0.29) is 13.2 Å². The van der Waals surface area contributed by atoms with Gasteiger partial charge in [-0.25, -0.2) is 9.59 Å². The number of ether oxygens (including phenoxy) is 2. The molecule has 0 heterocycles. The quantitative estimate of drug-likeness (QED) is 0.333. The molecule has 0 aliphatic heterocycles. The minimum absolute atomic E-state index is 0.0518. The zero-order valence-electron chi connectivity index (χ0n) is 13.5. The van der Waals surface area contributed by atoms with E-state index in [0.29, 0.717) is 5.75 Å². The van der Waals surface area contributed by atoms with Crippen LogP contribution >= 0.6 is 0 Å². The van der Waals surface area contributed by atoms with Gasteiger partial charge in [0.1, 0.15) is 12.4 Å². The zero-order chi connectivity index (χ0) is 17.6. The van der Waals surface area contributed by atoms with Gasteiger partial charge in [-0.3, -0.25) is 0 Å². The Hall–Kier alpha value is -3.34. The first-order valence-corrected chi connectivity index (χ1v) is 7.84. The van der Waals surface area contributed by atoms with Crippen molar-refractivity contribution in [3.63, 3.8) is 0 Å². The molecule has 3 aromatic carbocycles. The van der Waals surface area contributed by atoms with Crippen LogP contribution in [-0.2, 0) is 9.53 Å². The number of hydrogen-bond donors (Lipinski definition) is 1. The highest BCUT2D eigenvalue weighted by Crippen LogP contribution is 2.34. The van der Waals surface area contributed by atoms with E-state index in [0.717, 1.165) is 27.6 Å². The van der Waals surface area contributed by atoms with Gasteiger partial charge in [0.05, 0.1) is 6.54 Å². The van der Waals surface area contributed by atoms with E-state index >= 15 is 0 Å².